The first-order valence-corrected chi connectivity index (χ1v) is 6.34. The van der Waals surface area contributed by atoms with E-state index >= 15 is 0 Å². The fraction of sp³-hybridized carbons (Fsp3) is 0.667. The quantitative estimate of drug-likeness (QED) is 0.825. The molecule has 0 atom stereocenters. The highest BCUT2D eigenvalue weighted by molar-refractivity contribution is 5.89. The molecular formula is C12H20N4O2. The molecule has 2 heterocycles. The van der Waals surface area contributed by atoms with Crippen molar-refractivity contribution >= 4 is 11.7 Å². The van der Waals surface area contributed by atoms with Crippen LogP contribution in [0.4, 0.5) is 5.82 Å². The fourth-order valence-corrected chi connectivity index (χ4v) is 2.07. The molecule has 0 aliphatic carbocycles. The number of nitrogens with one attached hydrogen (secondary N) is 1. The Kier molecular flexibility index (Phi) is 4.33. The minimum absolute atomic E-state index is 0.0295. The number of nitrogens with zero attached hydrogens (tertiary/aromatic N) is 2. The van der Waals surface area contributed by atoms with Gasteiger partial charge in [0.15, 0.2) is 5.82 Å². The minimum Gasteiger partial charge on any atom is -0.360 e. The summed E-state index contributed by atoms with van der Waals surface area (Å²) in [4.78, 5) is 14.0. The molecule has 6 nitrogen and oxygen atoms in total. The van der Waals surface area contributed by atoms with Gasteiger partial charge in [0.25, 0.3) is 0 Å². The Labute approximate surface area is 106 Å². The molecule has 1 aromatic rings. The predicted molar refractivity (Wildman–Crippen MR) is 68.1 cm³/mol. The molecule has 1 amide bonds. The maximum Gasteiger partial charge on any atom is 0.226 e. The SMILES string of the molecule is Cc1cc(NC(=O)CCN2CCC(N)CC2)no1. The van der Waals surface area contributed by atoms with Gasteiger partial charge < -0.3 is 20.5 Å². The second kappa shape index (κ2) is 5.97. The lowest BCUT2D eigenvalue weighted by Crippen LogP contribution is -2.40. The Morgan fingerprint density at radius 1 is 1.61 bits per heavy atom. The van der Waals surface area contributed by atoms with E-state index in [0.29, 0.717) is 24.0 Å². The average molecular weight is 252 g/mol. The van der Waals surface area contributed by atoms with Crippen molar-refractivity contribution < 1.29 is 9.32 Å². The number of carbonyl (C=O) groups is 1. The Hall–Kier alpha value is -1.40. The normalized spacial score (nSPS) is 17.9. The molecular weight excluding hydrogens is 232 g/mol. The van der Waals surface area contributed by atoms with Gasteiger partial charge in [0, 0.05) is 25.1 Å². The lowest BCUT2D eigenvalue weighted by molar-refractivity contribution is -0.116. The summed E-state index contributed by atoms with van der Waals surface area (Å²) in [5.74, 6) is 1.15. The number of aryl methyl sites for hydroxylation is 1. The number of rotatable bonds is 4. The first kappa shape index (κ1) is 13.0. The summed E-state index contributed by atoms with van der Waals surface area (Å²) in [7, 11) is 0. The van der Waals surface area contributed by atoms with E-state index in [1.807, 2.05) is 0 Å². The maximum absolute atomic E-state index is 11.7. The summed E-state index contributed by atoms with van der Waals surface area (Å²) >= 11 is 0. The van der Waals surface area contributed by atoms with Crippen LogP contribution in [0.3, 0.4) is 0 Å². The monoisotopic (exact) mass is 252 g/mol. The Balaban J connectivity index is 1.68. The third-order valence-corrected chi connectivity index (χ3v) is 3.18. The smallest absolute Gasteiger partial charge is 0.226 e. The summed E-state index contributed by atoms with van der Waals surface area (Å²) in [6, 6.07) is 2.03. The largest absolute Gasteiger partial charge is 0.360 e. The molecule has 0 spiro atoms. The van der Waals surface area contributed by atoms with Crippen LogP contribution in [0, 0.1) is 6.92 Å². The third kappa shape index (κ3) is 3.82. The van der Waals surface area contributed by atoms with Crippen LogP contribution in [0.15, 0.2) is 10.6 Å². The van der Waals surface area contributed by atoms with E-state index in [1.54, 1.807) is 13.0 Å². The van der Waals surface area contributed by atoms with Crippen molar-refractivity contribution in [3.05, 3.63) is 11.8 Å². The maximum atomic E-state index is 11.7. The molecule has 1 fully saturated rings. The molecule has 6 heteroatoms. The summed E-state index contributed by atoms with van der Waals surface area (Å²) in [5, 5.41) is 6.44. The van der Waals surface area contributed by atoms with Crippen LogP contribution in [-0.2, 0) is 4.79 Å². The zero-order chi connectivity index (χ0) is 13.0. The minimum atomic E-state index is -0.0295. The molecule has 0 unspecified atom stereocenters. The highest BCUT2D eigenvalue weighted by Gasteiger charge is 2.16. The first-order chi connectivity index (χ1) is 8.63. The van der Waals surface area contributed by atoms with E-state index in [0.717, 1.165) is 32.5 Å². The van der Waals surface area contributed by atoms with Gasteiger partial charge in [0.1, 0.15) is 5.76 Å². The number of hydrogen-bond donors (Lipinski definition) is 2. The zero-order valence-corrected chi connectivity index (χ0v) is 10.7. The second-order valence-corrected chi connectivity index (χ2v) is 4.80. The van der Waals surface area contributed by atoms with Gasteiger partial charge in [-0.2, -0.15) is 0 Å². The van der Waals surface area contributed by atoms with Crippen LogP contribution in [0.25, 0.3) is 0 Å². The standard InChI is InChI=1S/C12H20N4O2/c1-9-8-11(15-18-9)14-12(17)4-7-16-5-2-10(13)3-6-16/h8,10H,2-7,13H2,1H3,(H,14,15,17). The number of hydrogen-bond acceptors (Lipinski definition) is 5. The van der Waals surface area contributed by atoms with E-state index in [4.69, 9.17) is 10.3 Å². The van der Waals surface area contributed by atoms with Crippen LogP contribution in [-0.4, -0.2) is 41.6 Å². The van der Waals surface area contributed by atoms with Gasteiger partial charge in [0.2, 0.25) is 5.91 Å². The number of amides is 1. The third-order valence-electron chi connectivity index (χ3n) is 3.18. The van der Waals surface area contributed by atoms with Crippen LogP contribution in [0.2, 0.25) is 0 Å². The molecule has 18 heavy (non-hydrogen) atoms. The van der Waals surface area contributed by atoms with Crippen molar-refractivity contribution in [2.45, 2.75) is 32.2 Å². The molecule has 2 rings (SSSR count). The highest BCUT2D eigenvalue weighted by atomic mass is 16.5. The number of carbonyl (C=O) groups excluding carboxylic acids is 1. The molecule has 0 radical (unpaired) electrons. The number of likely N-dealkylation sites (tertiary alicyclic amines) is 1. The van der Waals surface area contributed by atoms with Crippen LogP contribution < -0.4 is 11.1 Å². The van der Waals surface area contributed by atoms with Gasteiger partial charge in [-0.15, -0.1) is 0 Å². The Bertz CT molecular complexity index is 397. The van der Waals surface area contributed by atoms with E-state index in [9.17, 15) is 4.79 Å². The van der Waals surface area contributed by atoms with Crippen molar-refractivity contribution in [1.82, 2.24) is 10.1 Å². The number of anilines is 1. The fourth-order valence-electron chi connectivity index (χ4n) is 2.07. The van der Waals surface area contributed by atoms with E-state index in [1.165, 1.54) is 0 Å². The van der Waals surface area contributed by atoms with E-state index in [2.05, 4.69) is 15.4 Å². The summed E-state index contributed by atoms with van der Waals surface area (Å²) < 4.78 is 4.88. The summed E-state index contributed by atoms with van der Waals surface area (Å²) in [6.07, 6.45) is 2.51. The molecule has 1 aliphatic heterocycles. The van der Waals surface area contributed by atoms with Gasteiger partial charge in [0.05, 0.1) is 0 Å². The molecule has 1 aromatic heterocycles. The second-order valence-electron chi connectivity index (χ2n) is 4.80. The molecule has 0 saturated carbocycles. The lowest BCUT2D eigenvalue weighted by atomic mass is 10.1. The van der Waals surface area contributed by atoms with Gasteiger partial charge in [-0.25, -0.2) is 0 Å². The van der Waals surface area contributed by atoms with Crippen molar-refractivity contribution in [2.24, 2.45) is 5.73 Å². The molecule has 3 N–H and O–H groups in total. The molecule has 1 saturated heterocycles. The van der Waals surface area contributed by atoms with Crippen molar-refractivity contribution in [3.8, 4) is 0 Å². The molecule has 1 aliphatic rings. The van der Waals surface area contributed by atoms with E-state index < -0.39 is 0 Å². The number of piperidine rings is 1. The molecule has 100 valence electrons. The Morgan fingerprint density at radius 2 is 2.33 bits per heavy atom. The van der Waals surface area contributed by atoms with Gasteiger partial charge >= 0.3 is 0 Å². The molecule has 0 bridgehead atoms. The van der Waals surface area contributed by atoms with Crippen molar-refractivity contribution in [1.29, 1.82) is 0 Å². The predicted octanol–water partition coefficient (Wildman–Crippen LogP) is 0.735. The van der Waals surface area contributed by atoms with Crippen molar-refractivity contribution in [3.63, 3.8) is 0 Å². The van der Waals surface area contributed by atoms with Crippen LogP contribution >= 0.6 is 0 Å². The number of nitrogens with two attached hydrogens (primary N) is 1. The van der Waals surface area contributed by atoms with Gasteiger partial charge in [-0.1, -0.05) is 5.16 Å². The topological polar surface area (TPSA) is 84.4 Å². The first-order valence-electron chi connectivity index (χ1n) is 6.34. The van der Waals surface area contributed by atoms with Crippen LogP contribution in [0.5, 0.6) is 0 Å². The van der Waals surface area contributed by atoms with Crippen molar-refractivity contribution in [2.75, 3.05) is 25.0 Å². The molecule has 0 aromatic carbocycles. The average Bonchev–Trinajstić information content (AvgIpc) is 2.74. The summed E-state index contributed by atoms with van der Waals surface area (Å²) in [6.45, 7) is 4.53. The summed E-state index contributed by atoms with van der Waals surface area (Å²) in [5.41, 5.74) is 5.83. The lowest BCUT2D eigenvalue weighted by Gasteiger charge is -2.29. The van der Waals surface area contributed by atoms with E-state index in [-0.39, 0.29) is 5.91 Å². The highest BCUT2D eigenvalue weighted by Crippen LogP contribution is 2.10. The van der Waals surface area contributed by atoms with Crippen LogP contribution in [0.1, 0.15) is 25.0 Å². The van der Waals surface area contributed by atoms with Gasteiger partial charge in [-0.3, -0.25) is 4.79 Å². The van der Waals surface area contributed by atoms with Gasteiger partial charge in [-0.05, 0) is 32.9 Å². The Morgan fingerprint density at radius 3 is 2.94 bits per heavy atom. The number of aromatic nitrogens is 1. The zero-order valence-electron chi connectivity index (χ0n) is 10.7.